The van der Waals surface area contributed by atoms with Crippen molar-refractivity contribution in [1.29, 1.82) is 0 Å². The van der Waals surface area contributed by atoms with E-state index in [0.717, 1.165) is 30.7 Å². The van der Waals surface area contributed by atoms with Crippen molar-refractivity contribution >= 4 is 21.7 Å². The van der Waals surface area contributed by atoms with Crippen molar-refractivity contribution in [1.82, 2.24) is 5.32 Å². The maximum Gasteiger partial charge on any atom is 0.166 e. The van der Waals surface area contributed by atoms with Gasteiger partial charge in [0.15, 0.2) is 5.78 Å². The average molecular weight is 350 g/mol. The Morgan fingerprint density at radius 1 is 1.24 bits per heavy atom. The second-order valence-electron chi connectivity index (χ2n) is 5.01. The quantitative estimate of drug-likeness (QED) is 0.600. The predicted octanol–water partition coefficient (Wildman–Crippen LogP) is 3.86. The second kappa shape index (κ2) is 8.15. The van der Waals surface area contributed by atoms with E-state index in [2.05, 4.69) is 21.2 Å². The zero-order valence-electron chi connectivity index (χ0n) is 12.2. The fourth-order valence-electron chi connectivity index (χ4n) is 2.12. The molecule has 1 aliphatic rings. The lowest BCUT2D eigenvalue weighted by Crippen LogP contribution is -2.15. The Morgan fingerprint density at radius 3 is 2.62 bits per heavy atom. The number of carbonyl (C=O) groups is 1. The van der Waals surface area contributed by atoms with Gasteiger partial charge in [-0.1, -0.05) is 33.7 Å². The van der Waals surface area contributed by atoms with Crippen LogP contribution in [-0.2, 0) is 0 Å². The lowest BCUT2D eigenvalue weighted by atomic mass is 9.97. The van der Waals surface area contributed by atoms with E-state index < -0.39 is 0 Å². The number of hydrogen-bond donors (Lipinski definition) is 1. The largest absolute Gasteiger partial charge is 0.492 e. The van der Waals surface area contributed by atoms with Crippen molar-refractivity contribution in [3.63, 3.8) is 0 Å². The van der Waals surface area contributed by atoms with Gasteiger partial charge in [0.05, 0.1) is 0 Å². The minimum absolute atomic E-state index is 0.162. The van der Waals surface area contributed by atoms with E-state index in [1.165, 1.54) is 10.1 Å². The van der Waals surface area contributed by atoms with E-state index in [4.69, 9.17) is 4.74 Å². The van der Waals surface area contributed by atoms with Crippen LogP contribution in [0.5, 0.6) is 5.75 Å². The van der Waals surface area contributed by atoms with Crippen molar-refractivity contribution in [2.45, 2.75) is 19.3 Å². The molecule has 0 unspecified atom stereocenters. The van der Waals surface area contributed by atoms with E-state index in [1.54, 1.807) is 0 Å². The van der Waals surface area contributed by atoms with E-state index in [0.29, 0.717) is 13.0 Å². The fraction of sp³-hybridized carbons (Fsp3) is 0.353. The first kappa shape index (κ1) is 16.0. The van der Waals surface area contributed by atoms with Crippen molar-refractivity contribution in [2.24, 2.45) is 0 Å². The van der Waals surface area contributed by atoms with Gasteiger partial charge in [-0.2, -0.15) is 0 Å². The zero-order chi connectivity index (χ0) is 15.1. The summed E-state index contributed by atoms with van der Waals surface area (Å²) in [5.74, 6) is 0.958. The highest BCUT2D eigenvalue weighted by atomic mass is 79.9. The number of allylic oxidation sites excluding steroid dienone is 4. The van der Waals surface area contributed by atoms with Gasteiger partial charge in [-0.05, 0) is 48.6 Å². The van der Waals surface area contributed by atoms with Crippen LogP contribution in [0.1, 0.15) is 29.6 Å². The second-order valence-corrected chi connectivity index (χ2v) is 6.03. The van der Waals surface area contributed by atoms with E-state index in [1.807, 2.05) is 43.5 Å². The number of Topliss-reactive ketones (excluding diaryl/α,β-unsaturated/α-hetero) is 1. The molecular weight excluding hydrogens is 330 g/mol. The molecule has 0 radical (unpaired) electrons. The van der Waals surface area contributed by atoms with E-state index >= 15 is 0 Å². The Kier molecular flexibility index (Phi) is 6.21. The number of carbonyl (C=O) groups excluding carboxylic acids is 1. The van der Waals surface area contributed by atoms with Gasteiger partial charge in [0, 0.05) is 18.5 Å². The summed E-state index contributed by atoms with van der Waals surface area (Å²) in [4.78, 5) is 12.2. The summed E-state index contributed by atoms with van der Waals surface area (Å²) in [5.41, 5.74) is 1.93. The summed E-state index contributed by atoms with van der Waals surface area (Å²) in [5, 5.41) is 3.02. The van der Waals surface area contributed by atoms with Gasteiger partial charge < -0.3 is 10.1 Å². The first-order valence-electron chi connectivity index (χ1n) is 7.14. The third kappa shape index (κ3) is 5.14. The summed E-state index contributed by atoms with van der Waals surface area (Å²) in [6, 6.07) is 7.39. The molecule has 2 rings (SSSR count). The molecule has 1 aromatic carbocycles. The van der Waals surface area contributed by atoms with Crippen molar-refractivity contribution in [3.8, 4) is 5.75 Å². The third-order valence-electron chi connectivity index (χ3n) is 3.37. The molecule has 1 aromatic rings. The molecule has 0 aliphatic heterocycles. The SMILES string of the molecule is CNCCOc1ccc(C(=O)CC2=CC=C(Br)CC2)cc1. The number of rotatable bonds is 7. The molecule has 1 N–H and O–H groups in total. The number of halogens is 1. The highest BCUT2D eigenvalue weighted by molar-refractivity contribution is 9.11. The maximum atomic E-state index is 12.2. The van der Waals surface area contributed by atoms with Gasteiger partial charge in [0.1, 0.15) is 12.4 Å². The smallest absolute Gasteiger partial charge is 0.166 e. The Labute approximate surface area is 134 Å². The van der Waals surface area contributed by atoms with Gasteiger partial charge in [0.25, 0.3) is 0 Å². The van der Waals surface area contributed by atoms with Crippen molar-refractivity contribution in [2.75, 3.05) is 20.2 Å². The van der Waals surface area contributed by atoms with E-state index in [9.17, 15) is 4.79 Å². The van der Waals surface area contributed by atoms with Gasteiger partial charge in [-0.15, -0.1) is 0 Å². The van der Waals surface area contributed by atoms with Gasteiger partial charge in [0.2, 0.25) is 0 Å². The monoisotopic (exact) mass is 349 g/mol. The molecule has 0 atom stereocenters. The molecule has 112 valence electrons. The summed E-state index contributed by atoms with van der Waals surface area (Å²) in [6.45, 7) is 1.43. The van der Waals surface area contributed by atoms with Gasteiger partial charge in [-0.3, -0.25) is 4.79 Å². The highest BCUT2D eigenvalue weighted by Gasteiger charge is 2.11. The molecule has 0 saturated carbocycles. The molecule has 0 heterocycles. The Hall–Kier alpha value is -1.39. The molecule has 0 spiro atoms. The van der Waals surface area contributed by atoms with Gasteiger partial charge in [-0.25, -0.2) is 0 Å². The Bertz CT molecular complexity index is 546. The summed E-state index contributed by atoms with van der Waals surface area (Å²) in [7, 11) is 1.89. The zero-order valence-corrected chi connectivity index (χ0v) is 13.8. The standard InChI is InChI=1S/C17H20BrNO2/c1-19-10-11-21-16-8-4-14(5-9-16)17(20)12-13-2-6-15(18)7-3-13/h2,4-6,8-9,19H,3,7,10-12H2,1H3. The fourth-order valence-corrected chi connectivity index (χ4v) is 2.45. The van der Waals surface area contributed by atoms with Crippen molar-refractivity contribution < 1.29 is 9.53 Å². The molecule has 0 bridgehead atoms. The first-order valence-corrected chi connectivity index (χ1v) is 7.93. The van der Waals surface area contributed by atoms with Crippen LogP contribution in [0, 0.1) is 0 Å². The van der Waals surface area contributed by atoms with Crippen LogP contribution in [0.2, 0.25) is 0 Å². The maximum absolute atomic E-state index is 12.2. The first-order chi connectivity index (χ1) is 10.2. The summed E-state index contributed by atoms with van der Waals surface area (Å²) >= 11 is 3.47. The number of ketones is 1. The van der Waals surface area contributed by atoms with E-state index in [-0.39, 0.29) is 5.78 Å². The van der Waals surface area contributed by atoms with Crippen LogP contribution in [0.15, 0.2) is 46.5 Å². The molecule has 1 aliphatic carbocycles. The predicted molar refractivity (Wildman–Crippen MR) is 89.1 cm³/mol. The summed E-state index contributed by atoms with van der Waals surface area (Å²) in [6.07, 6.45) is 6.51. The lowest BCUT2D eigenvalue weighted by Gasteiger charge is -2.11. The van der Waals surface area contributed by atoms with Gasteiger partial charge >= 0.3 is 0 Å². The minimum atomic E-state index is 0.162. The molecule has 3 nitrogen and oxygen atoms in total. The van der Waals surface area contributed by atoms with Crippen LogP contribution in [0.4, 0.5) is 0 Å². The number of hydrogen-bond acceptors (Lipinski definition) is 3. The van der Waals surface area contributed by atoms with Crippen LogP contribution >= 0.6 is 15.9 Å². The van der Waals surface area contributed by atoms with Crippen LogP contribution in [0.25, 0.3) is 0 Å². The lowest BCUT2D eigenvalue weighted by molar-refractivity contribution is 0.0992. The van der Waals surface area contributed by atoms with Crippen LogP contribution in [-0.4, -0.2) is 26.0 Å². The Morgan fingerprint density at radius 2 is 2.00 bits per heavy atom. The molecule has 0 aromatic heterocycles. The number of ether oxygens (including phenoxy) is 1. The van der Waals surface area contributed by atoms with Crippen LogP contribution < -0.4 is 10.1 Å². The topological polar surface area (TPSA) is 38.3 Å². The highest BCUT2D eigenvalue weighted by Crippen LogP contribution is 2.25. The summed E-state index contributed by atoms with van der Waals surface area (Å²) < 4.78 is 6.74. The van der Waals surface area contributed by atoms with Crippen LogP contribution in [0.3, 0.4) is 0 Å². The minimum Gasteiger partial charge on any atom is -0.492 e. The molecule has 0 amide bonds. The molecule has 0 saturated heterocycles. The molecular formula is C17H20BrNO2. The number of likely N-dealkylation sites (N-methyl/N-ethyl adjacent to an activating group) is 1. The Balaban J connectivity index is 1.91. The average Bonchev–Trinajstić information content (AvgIpc) is 2.50. The third-order valence-corrected chi connectivity index (χ3v) is 4.03. The molecule has 4 heteroatoms. The number of benzene rings is 1. The normalized spacial score (nSPS) is 14.4. The molecule has 0 fully saturated rings. The van der Waals surface area contributed by atoms with Crippen molar-refractivity contribution in [3.05, 3.63) is 52.0 Å². The number of nitrogens with one attached hydrogen (secondary N) is 1. The molecule has 21 heavy (non-hydrogen) atoms.